The van der Waals surface area contributed by atoms with Gasteiger partial charge >= 0.3 is 0 Å². The van der Waals surface area contributed by atoms with Crippen molar-refractivity contribution in [2.45, 2.75) is 6.92 Å². The molecular weight excluding hydrogens is 336 g/mol. The Labute approximate surface area is 149 Å². The predicted octanol–water partition coefficient (Wildman–Crippen LogP) is 2.82. The third-order valence-electron chi connectivity index (χ3n) is 3.13. The Morgan fingerprint density at radius 2 is 2.04 bits per heavy atom. The fraction of sp³-hybridized carbons (Fsp3) is 0.0556. The number of carbonyl (C=O) groups is 2. The lowest BCUT2D eigenvalue weighted by molar-refractivity contribution is -0.114. The van der Waals surface area contributed by atoms with E-state index >= 15 is 0 Å². The van der Waals surface area contributed by atoms with Gasteiger partial charge in [-0.25, -0.2) is 4.98 Å². The Morgan fingerprint density at radius 1 is 1.28 bits per heavy atom. The summed E-state index contributed by atoms with van der Waals surface area (Å²) in [6.45, 7) is 5.36. The molecule has 25 heavy (non-hydrogen) atoms. The number of rotatable bonds is 7. The molecule has 2 rings (SSSR count). The smallest absolute Gasteiger partial charge is 0.248 e. The SMILES string of the molecule is C=C(/C=C(\C=C/N)C(N)=O)Nc1cccc(-c2ccc(C(C)=O)s2)n1. The number of primary amides is 1. The maximum Gasteiger partial charge on any atom is 0.248 e. The Bertz CT molecular complexity index is 881. The van der Waals surface area contributed by atoms with Gasteiger partial charge in [-0.2, -0.15) is 0 Å². The molecule has 5 N–H and O–H groups in total. The molecule has 2 heterocycles. The van der Waals surface area contributed by atoms with Gasteiger partial charge in [0.2, 0.25) is 5.91 Å². The molecule has 0 atom stereocenters. The van der Waals surface area contributed by atoms with Crippen molar-refractivity contribution in [1.82, 2.24) is 4.98 Å². The van der Waals surface area contributed by atoms with Crippen molar-refractivity contribution in [2.75, 3.05) is 5.32 Å². The molecule has 0 spiro atoms. The summed E-state index contributed by atoms with van der Waals surface area (Å²) in [5.74, 6) is -0.0326. The van der Waals surface area contributed by atoms with E-state index < -0.39 is 5.91 Å². The van der Waals surface area contributed by atoms with Crippen LogP contribution < -0.4 is 16.8 Å². The van der Waals surface area contributed by atoms with Crippen molar-refractivity contribution < 1.29 is 9.59 Å². The van der Waals surface area contributed by atoms with E-state index in [2.05, 4.69) is 16.9 Å². The second kappa shape index (κ2) is 8.07. The van der Waals surface area contributed by atoms with Gasteiger partial charge in [0.05, 0.1) is 15.4 Å². The molecule has 0 radical (unpaired) electrons. The van der Waals surface area contributed by atoms with Gasteiger partial charge in [-0.05, 0) is 49.5 Å². The van der Waals surface area contributed by atoms with Crippen molar-refractivity contribution >= 4 is 28.8 Å². The van der Waals surface area contributed by atoms with E-state index in [1.54, 1.807) is 12.1 Å². The zero-order chi connectivity index (χ0) is 18.4. The van der Waals surface area contributed by atoms with Gasteiger partial charge in [-0.15, -0.1) is 11.3 Å². The number of pyridine rings is 1. The molecule has 0 saturated carbocycles. The number of ketones is 1. The number of anilines is 1. The highest BCUT2D eigenvalue weighted by Gasteiger charge is 2.08. The maximum absolute atomic E-state index is 11.4. The van der Waals surface area contributed by atoms with Crippen LogP contribution in [0.2, 0.25) is 0 Å². The number of nitrogens with two attached hydrogens (primary N) is 2. The van der Waals surface area contributed by atoms with Crippen molar-refractivity contribution in [3.63, 3.8) is 0 Å². The summed E-state index contributed by atoms with van der Waals surface area (Å²) in [5, 5.41) is 3.00. The highest BCUT2D eigenvalue weighted by atomic mass is 32.1. The molecule has 0 saturated heterocycles. The zero-order valence-corrected chi connectivity index (χ0v) is 14.5. The molecule has 7 heteroatoms. The van der Waals surface area contributed by atoms with E-state index in [1.165, 1.54) is 36.6 Å². The van der Waals surface area contributed by atoms with Crippen LogP contribution in [0, 0.1) is 0 Å². The third-order valence-corrected chi connectivity index (χ3v) is 4.34. The topological polar surface area (TPSA) is 111 Å². The number of hydrogen-bond acceptors (Lipinski definition) is 6. The minimum atomic E-state index is -0.610. The van der Waals surface area contributed by atoms with Crippen molar-refractivity contribution in [2.24, 2.45) is 11.5 Å². The van der Waals surface area contributed by atoms with E-state index in [0.29, 0.717) is 16.4 Å². The predicted molar refractivity (Wildman–Crippen MR) is 101 cm³/mol. The number of hydrogen-bond donors (Lipinski definition) is 3. The first-order valence-electron chi connectivity index (χ1n) is 7.34. The highest BCUT2D eigenvalue weighted by molar-refractivity contribution is 7.17. The average Bonchev–Trinajstić information content (AvgIpc) is 3.05. The number of thiophene rings is 1. The van der Waals surface area contributed by atoms with Gasteiger partial charge in [-0.3, -0.25) is 9.59 Å². The number of nitrogens with one attached hydrogen (secondary N) is 1. The Hall–Kier alpha value is -3.19. The molecule has 0 aromatic carbocycles. The van der Waals surface area contributed by atoms with Crippen molar-refractivity contribution in [3.8, 4) is 10.6 Å². The molecule has 128 valence electrons. The molecule has 0 aliphatic rings. The fourth-order valence-corrected chi connectivity index (χ4v) is 2.87. The second-order valence-electron chi connectivity index (χ2n) is 5.10. The van der Waals surface area contributed by atoms with E-state index in [9.17, 15) is 9.59 Å². The number of amides is 1. The number of nitrogens with zero attached hydrogens (tertiary/aromatic N) is 1. The highest BCUT2D eigenvalue weighted by Crippen LogP contribution is 2.28. The fourth-order valence-electron chi connectivity index (χ4n) is 2.00. The van der Waals surface area contributed by atoms with Crippen LogP contribution in [-0.4, -0.2) is 16.7 Å². The summed E-state index contributed by atoms with van der Waals surface area (Å²) in [6, 6.07) is 9.10. The first-order valence-corrected chi connectivity index (χ1v) is 8.16. The Morgan fingerprint density at radius 3 is 2.64 bits per heavy atom. The summed E-state index contributed by atoms with van der Waals surface area (Å²) in [6.07, 6.45) is 4.11. The van der Waals surface area contributed by atoms with Gasteiger partial charge < -0.3 is 16.8 Å². The summed E-state index contributed by atoms with van der Waals surface area (Å²) < 4.78 is 0. The molecule has 0 aliphatic carbocycles. The average molecular weight is 354 g/mol. The van der Waals surface area contributed by atoms with Crippen LogP contribution >= 0.6 is 11.3 Å². The molecule has 2 aromatic rings. The van der Waals surface area contributed by atoms with Crippen molar-refractivity contribution in [1.29, 1.82) is 0 Å². The molecule has 0 fully saturated rings. The number of allylic oxidation sites excluding steroid dienone is 1. The lowest BCUT2D eigenvalue weighted by atomic mass is 10.2. The molecule has 0 bridgehead atoms. The number of Topliss-reactive ketones (excluding diaryl/α,β-unsaturated/α-hetero) is 1. The van der Waals surface area contributed by atoms with E-state index in [4.69, 9.17) is 11.5 Å². The zero-order valence-electron chi connectivity index (χ0n) is 13.7. The maximum atomic E-state index is 11.4. The lowest BCUT2D eigenvalue weighted by Gasteiger charge is -2.07. The Balaban J connectivity index is 2.21. The van der Waals surface area contributed by atoms with Crippen LogP contribution in [0.3, 0.4) is 0 Å². The van der Waals surface area contributed by atoms with E-state index in [1.807, 2.05) is 18.2 Å². The van der Waals surface area contributed by atoms with Crippen LogP contribution in [0.15, 0.2) is 66.5 Å². The number of carbonyl (C=O) groups excluding carboxylic acids is 2. The van der Waals surface area contributed by atoms with Gasteiger partial charge in [-0.1, -0.05) is 12.6 Å². The molecule has 0 unspecified atom stereocenters. The van der Waals surface area contributed by atoms with Crippen LogP contribution in [0.4, 0.5) is 5.82 Å². The largest absolute Gasteiger partial charge is 0.405 e. The van der Waals surface area contributed by atoms with Gasteiger partial charge in [0.25, 0.3) is 0 Å². The first-order chi connectivity index (χ1) is 11.9. The standard InChI is InChI=1S/C18H18N4O2S/c1-11(10-13(8-9-19)18(20)24)21-17-5-3-4-14(22-17)16-7-6-15(25-16)12(2)23/h3-10H,1,19H2,2H3,(H2,20,24)(H,21,22)/b9-8-,13-10+. The third kappa shape index (κ3) is 4.89. The molecule has 1 amide bonds. The van der Waals surface area contributed by atoms with Crippen LogP contribution in [0.1, 0.15) is 16.6 Å². The van der Waals surface area contributed by atoms with Crippen molar-refractivity contribution in [3.05, 3.63) is 71.4 Å². The molecular formula is C18H18N4O2S. The first kappa shape index (κ1) is 18.2. The van der Waals surface area contributed by atoms with Crippen LogP contribution in [0.25, 0.3) is 10.6 Å². The minimum Gasteiger partial charge on any atom is -0.405 e. The van der Waals surface area contributed by atoms with E-state index in [-0.39, 0.29) is 11.4 Å². The van der Waals surface area contributed by atoms with E-state index in [0.717, 1.165) is 10.6 Å². The molecule has 2 aromatic heterocycles. The lowest BCUT2D eigenvalue weighted by Crippen LogP contribution is -2.13. The summed E-state index contributed by atoms with van der Waals surface area (Å²) in [4.78, 5) is 28.8. The van der Waals surface area contributed by atoms with Gasteiger partial charge in [0, 0.05) is 11.3 Å². The molecule has 0 aliphatic heterocycles. The second-order valence-corrected chi connectivity index (χ2v) is 6.19. The quantitative estimate of drug-likeness (QED) is 0.402. The van der Waals surface area contributed by atoms with Crippen LogP contribution in [-0.2, 0) is 4.79 Å². The van der Waals surface area contributed by atoms with Crippen LogP contribution in [0.5, 0.6) is 0 Å². The minimum absolute atomic E-state index is 0.0241. The summed E-state index contributed by atoms with van der Waals surface area (Å²) in [7, 11) is 0. The molecule has 6 nitrogen and oxygen atoms in total. The number of aromatic nitrogens is 1. The normalized spacial score (nSPS) is 11.5. The van der Waals surface area contributed by atoms with Gasteiger partial charge in [0.1, 0.15) is 5.82 Å². The summed E-state index contributed by atoms with van der Waals surface area (Å²) in [5.41, 5.74) is 11.9. The van der Waals surface area contributed by atoms with Gasteiger partial charge in [0.15, 0.2) is 5.78 Å². The Kier molecular flexibility index (Phi) is 5.86. The monoisotopic (exact) mass is 354 g/mol. The summed E-state index contributed by atoms with van der Waals surface area (Å²) >= 11 is 1.38.